The second-order valence-electron chi connectivity index (χ2n) is 5.02. The largest absolute Gasteiger partial charge is 0.338 e. The number of nitrogens with one attached hydrogen (secondary N) is 1. The highest BCUT2D eigenvalue weighted by Gasteiger charge is 2.19. The van der Waals surface area contributed by atoms with E-state index in [1.807, 2.05) is 13.8 Å². The van der Waals surface area contributed by atoms with Crippen molar-refractivity contribution in [1.29, 1.82) is 0 Å². The predicted molar refractivity (Wildman–Crippen MR) is 72.8 cm³/mol. The molecule has 1 N–H and O–H groups in total. The van der Waals surface area contributed by atoms with Gasteiger partial charge in [-0.05, 0) is 39.7 Å². The fourth-order valence-electron chi connectivity index (χ4n) is 2.30. The van der Waals surface area contributed by atoms with E-state index in [0.717, 1.165) is 43.4 Å². The SMILES string of the molecule is CCCN(CC1CCCN1)c1nnc(C)c(C)n1. The molecule has 1 aliphatic rings. The Morgan fingerprint density at radius 2 is 2.11 bits per heavy atom. The summed E-state index contributed by atoms with van der Waals surface area (Å²) in [6.07, 6.45) is 3.62. The van der Waals surface area contributed by atoms with Gasteiger partial charge in [0.2, 0.25) is 5.95 Å². The van der Waals surface area contributed by atoms with Crippen molar-refractivity contribution < 1.29 is 0 Å². The Kier molecular flexibility index (Phi) is 4.47. The first-order valence-electron chi connectivity index (χ1n) is 6.87. The monoisotopic (exact) mass is 249 g/mol. The molecular formula is C13H23N5. The zero-order valence-corrected chi connectivity index (χ0v) is 11.6. The topological polar surface area (TPSA) is 53.9 Å². The van der Waals surface area contributed by atoms with E-state index >= 15 is 0 Å². The highest BCUT2D eigenvalue weighted by molar-refractivity contribution is 5.30. The van der Waals surface area contributed by atoms with Crippen LogP contribution in [0.25, 0.3) is 0 Å². The van der Waals surface area contributed by atoms with Crippen molar-refractivity contribution in [2.75, 3.05) is 24.5 Å². The van der Waals surface area contributed by atoms with Crippen LogP contribution < -0.4 is 10.2 Å². The minimum Gasteiger partial charge on any atom is -0.338 e. The molecule has 5 heteroatoms. The third kappa shape index (κ3) is 3.16. The van der Waals surface area contributed by atoms with E-state index < -0.39 is 0 Å². The Morgan fingerprint density at radius 1 is 1.28 bits per heavy atom. The van der Waals surface area contributed by atoms with E-state index in [9.17, 15) is 0 Å². The molecule has 2 heterocycles. The summed E-state index contributed by atoms with van der Waals surface area (Å²) in [7, 11) is 0. The van der Waals surface area contributed by atoms with Gasteiger partial charge in [-0.3, -0.25) is 0 Å². The number of anilines is 1. The molecule has 0 amide bonds. The molecule has 18 heavy (non-hydrogen) atoms. The lowest BCUT2D eigenvalue weighted by atomic mass is 10.2. The molecule has 0 saturated carbocycles. The molecular weight excluding hydrogens is 226 g/mol. The van der Waals surface area contributed by atoms with E-state index in [1.54, 1.807) is 0 Å². The lowest BCUT2D eigenvalue weighted by Gasteiger charge is -2.25. The van der Waals surface area contributed by atoms with Crippen LogP contribution in [0.15, 0.2) is 0 Å². The van der Waals surface area contributed by atoms with Gasteiger partial charge in [-0.15, -0.1) is 5.10 Å². The molecule has 2 rings (SSSR count). The molecule has 5 nitrogen and oxygen atoms in total. The first-order chi connectivity index (χ1) is 8.70. The maximum Gasteiger partial charge on any atom is 0.245 e. The number of hydrogen-bond donors (Lipinski definition) is 1. The molecule has 0 aromatic carbocycles. The van der Waals surface area contributed by atoms with E-state index in [0.29, 0.717) is 6.04 Å². The molecule has 1 aliphatic heterocycles. The number of hydrogen-bond acceptors (Lipinski definition) is 5. The Bertz CT molecular complexity index is 387. The first-order valence-corrected chi connectivity index (χ1v) is 6.87. The predicted octanol–water partition coefficient (Wildman–Crippen LogP) is 1.46. The van der Waals surface area contributed by atoms with E-state index in [2.05, 4.69) is 32.3 Å². The molecule has 0 spiro atoms. The fourth-order valence-corrected chi connectivity index (χ4v) is 2.30. The van der Waals surface area contributed by atoms with Gasteiger partial charge in [0.05, 0.1) is 11.4 Å². The number of nitrogens with zero attached hydrogens (tertiary/aromatic N) is 4. The van der Waals surface area contributed by atoms with Gasteiger partial charge in [0.1, 0.15) is 0 Å². The second-order valence-corrected chi connectivity index (χ2v) is 5.02. The van der Waals surface area contributed by atoms with Crippen LogP contribution >= 0.6 is 0 Å². The van der Waals surface area contributed by atoms with Gasteiger partial charge in [-0.1, -0.05) is 6.92 Å². The Morgan fingerprint density at radius 3 is 2.72 bits per heavy atom. The zero-order chi connectivity index (χ0) is 13.0. The molecule has 1 unspecified atom stereocenters. The summed E-state index contributed by atoms with van der Waals surface area (Å²) in [5.41, 5.74) is 1.88. The van der Waals surface area contributed by atoms with Crippen LogP contribution in [0.2, 0.25) is 0 Å². The average molecular weight is 249 g/mol. The van der Waals surface area contributed by atoms with Gasteiger partial charge in [0.25, 0.3) is 0 Å². The van der Waals surface area contributed by atoms with Crippen LogP contribution in [0.1, 0.15) is 37.6 Å². The van der Waals surface area contributed by atoms with E-state index in [4.69, 9.17) is 0 Å². The summed E-state index contributed by atoms with van der Waals surface area (Å²) in [6, 6.07) is 0.571. The van der Waals surface area contributed by atoms with Crippen molar-refractivity contribution >= 4 is 5.95 Å². The molecule has 1 aromatic rings. The lowest BCUT2D eigenvalue weighted by Crippen LogP contribution is -2.39. The molecule has 1 aromatic heterocycles. The molecule has 1 fully saturated rings. The van der Waals surface area contributed by atoms with Crippen molar-refractivity contribution in [2.24, 2.45) is 0 Å². The molecule has 100 valence electrons. The molecule has 1 atom stereocenters. The quantitative estimate of drug-likeness (QED) is 0.856. The highest BCUT2D eigenvalue weighted by atomic mass is 15.3. The van der Waals surface area contributed by atoms with Crippen molar-refractivity contribution in [1.82, 2.24) is 20.5 Å². The van der Waals surface area contributed by atoms with Gasteiger partial charge in [0, 0.05) is 19.1 Å². The van der Waals surface area contributed by atoms with Gasteiger partial charge in [0.15, 0.2) is 0 Å². The fraction of sp³-hybridized carbons (Fsp3) is 0.769. The van der Waals surface area contributed by atoms with Crippen LogP contribution in [0.4, 0.5) is 5.95 Å². The summed E-state index contributed by atoms with van der Waals surface area (Å²) in [6.45, 7) is 9.23. The third-order valence-corrected chi connectivity index (χ3v) is 3.46. The maximum atomic E-state index is 4.56. The van der Waals surface area contributed by atoms with Gasteiger partial charge in [-0.25, -0.2) is 4.98 Å². The van der Waals surface area contributed by atoms with Gasteiger partial charge < -0.3 is 10.2 Å². The lowest BCUT2D eigenvalue weighted by molar-refractivity contribution is 0.568. The molecule has 0 radical (unpaired) electrons. The van der Waals surface area contributed by atoms with Gasteiger partial charge in [-0.2, -0.15) is 5.10 Å². The Hall–Kier alpha value is -1.23. The second kappa shape index (κ2) is 6.09. The van der Waals surface area contributed by atoms with E-state index in [1.165, 1.54) is 12.8 Å². The summed E-state index contributed by atoms with van der Waals surface area (Å²) >= 11 is 0. The highest BCUT2D eigenvalue weighted by Crippen LogP contribution is 2.13. The first kappa shape index (κ1) is 13.2. The van der Waals surface area contributed by atoms with E-state index in [-0.39, 0.29) is 0 Å². The van der Waals surface area contributed by atoms with Crippen molar-refractivity contribution in [3.63, 3.8) is 0 Å². The van der Waals surface area contributed by atoms with Crippen molar-refractivity contribution in [2.45, 2.75) is 46.1 Å². The van der Waals surface area contributed by atoms with Gasteiger partial charge >= 0.3 is 0 Å². The number of aryl methyl sites for hydroxylation is 2. The van der Waals surface area contributed by atoms with Crippen LogP contribution in [0.3, 0.4) is 0 Å². The molecule has 1 saturated heterocycles. The Labute approximate surface area is 109 Å². The standard InChI is InChI=1S/C13H23N5/c1-4-8-18(9-12-6-5-7-14-12)13-15-10(2)11(3)16-17-13/h12,14H,4-9H2,1-3H3. The minimum absolute atomic E-state index is 0.571. The van der Waals surface area contributed by atoms with Crippen LogP contribution in [-0.4, -0.2) is 40.9 Å². The van der Waals surface area contributed by atoms with Crippen molar-refractivity contribution in [3.8, 4) is 0 Å². The maximum absolute atomic E-state index is 4.56. The molecule has 0 aliphatic carbocycles. The smallest absolute Gasteiger partial charge is 0.245 e. The normalized spacial score (nSPS) is 19.2. The zero-order valence-electron chi connectivity index (χ0n) is 11.6. The minimum atomic E-state index is 0.571. The summed E-state index contributed by atoms with van der Waals surface area (Å²) in [5.74, 6) is 0.772. The average Bonchev–Trinajstić information content (AvgIpc) is 2.85. The van der Waals surface area contributed by atoms with Crippen molar-refractivity contribution in [3.05, 3.63) is 11.4 Å². The number of rotatable bonds is 5. The summed E-state index contributed by atoms with van der Waals surface area (Å²) in [5, 5.41) is 11.9. The van der Waals surface area contributed by atoms with Crippen LogP contribution in [0.5, 0.6) is 0 Å². The number of aromatic nitrogens is 3. The summed E-state index contributed by atoms with van der Waals surface area (Å²) in [4.78, 5) is 6.81. The van der Waals surface area contributed by atoms with Crippen LogP contribution in [0, 0.1) is 13.8 Å². The van der Waals surface area contributed by atoms with Crippen LogP contribution in [-0.2, 0) is 0 Å². The molecule has 0 bridgehead atoms. The third-order valence-electron chi connectivity index (χ3n) is 3.46. The Balaban J connectivity index is 2.09. The summed E-state index contributed by atoms with van der Waals surface area (Å²) < 4.78 is 0.